The van der Waals surface area contributed by atoms with Crippen molar-refractivity contribution >= 4 is 29.5 Å². The van der Waals surface area contributed by atoms with Crippen molar-refractivity contribution in [3.63, 3.8) is 0 Å². The second-order valence-corrected chi connectivity index (χ2v) is 5.65. The monoisotopic (exact) mass is 326 g/mol. The fraction of sp³-hybridized carbons (Fsp3) is 0.333. The molecule has 0 fully saturated rings. The normalized spacial score (nSPS) is 10.2. The van der Waals surface area contributed by atoms with Crippen LogP contribution in [0, 0.1) is 13.8 Å². The van der Waals surface area contributed by atoms with Crippen LogP contribution in [0.2, 0.25) is 0 Å². The summed E-state index contributed by atoms with van der Waals surface area (Å²) in [6.07, 6.45) is 6.32. The van der Waals surface area contributed by atoms with Crippen LogP contribution >= 0.6 is 0 Å². The lowest BCUT2D eigenvalue weighted by Crippen LogP contribution is -2.12. The molecule has 1 aromatic heterocycles. The zero-order valence-electron chi connectivity index (χ0n) is 14.0. The summed E-state index contributed by atoms with van der Waals surface area (Å²) >= 11 is 0. The predicted octanol–water partition coefficient (Wildman–Crippen LogP) is 3.53. The van der Waals surface area contributed by atoms with E-state index < -0.39 is 0 Å². The maximum Gasteiger partial charge on any atom is 0.227 e. The van der Waals surface area contributed by atoms with Gasteiger partial charge in [-0.05, 0) is 37.8 Å². The van der Waals surface area contributed by atoms with E-state index in [1.165, 1.54) is 0 Å². The lowest BCUT2D eigenvalue weighted by atomic mass is 10.1. The molecule has 6 nitrogen and oxygen atoms in total. The first-order chi connectivity index (χ1) is 11.6. The van der Waals surface area contributed by atoms with Gasteiger partial charge < -0.3 is 15.4 Å². The van der Waals surface area contributed by atoms with Crippen LogP contribution < -0.4 is 10.6 Å². The van der Waals surface area contributed by atoms with E-state index in [9.17, 15) is 9.59 Å². The molecule has 0 bridgehead atoms. The van der Waals surface area contributed by atoms with Crippen molar-refractivity contribution in [2.75, 3.05) is 10.6 Å². The van der Waals surface area contributed by atoms with E-state index in [0.29, 0.717) is 30.9 Å². The molecule has 0 saturated carbocycles. The van der Waals surface area contributed by atoms with Crippen molar-refractivity contribution in [2.45, 2.75) is 39.5 Å². The SMILES string of the molecule is Cc1cccc(C)c1Nc1ncc(NC(=O)CCCCC=O)cn1. The highest BCUT2D eigenvalue weighted by molar-refractivity contribution is 5.90. The second kappa shape index (κ2) is 8.76. The Balaban J connectivity index is 1.91. The number of carbonyl (C=O) groups excluding carboxylic acids is 2. The number of hydrogen-bond donors (Lipinski definition) is 2. The molecule has 0 saturated heterocycles. The Morgan fingerprint density at radius 1 is 1.12 bits per heavy atom. The fourth-order valence-corrected chi connectivity index (χ4v) is 2.32. The molecule has 2 aromatic rings. The van der Waals surface area contributed by atoms with E-state index in [1.54, 1.807) is 12.4 Å². The quantitative estimate of drug-likeness (QED) is 0.572. The Morgan fingerprint density at radius 3 is 2.42 bits per heavy atom. The molecule has 6 heteroatoms. The van der Waals surface area contributed by atoms with Gasteiger partial charge in [0.25, 0.3) is 0 Å². The topological polar surface area (TPSA) is 84.0 Å². The molecular formula is C18H22N4O2. The Labute approximate surface area is 141 Å². The number of nitrogens with one attached hydrogen (secondary N) is 2. The van der Waals surface area contributed by atoms with Crippen LogP contribution in [0.5, 0.6) is 0 Å². The first-order valence-electron chi connectivity index (χ1n) is 7.99. The standard InChI is InChI=1S/C18H22N4O2/c1-13-7-6-8-14(2)17(13)22-18-19-11-15(12-20-18)21-16(24)9-4-3-5-10-23/h6-8,10-12H,3-5,9H2,1-2H3,(H,21,24)(H,19,20,22). The molecule has 0 aliphatic carbocycles. The molecule has 0 spiro atoms. The van der Waals surface area contributed by atoms with Crippen LogP contribution in [0.15, 0.2) is 30.6 Å². The number of aromatic nitrogens is 2. The molecule has 24 heavy (non-hydrogen) atoms. The van der Waals surface area contributed by atoms with E-state index in [2.05, 4.69) is 20.6 Å². The number of amides is 1. The lowest BCUT2D eigenvalue weighted by Gasteiger charge is -2.11. The predicted molar refractivity (Wildman–Crippen MR) is 94.4 cm³/mol. The number of unbranched alkanes of at least 4 members (excludes halogenated alkanes) is 2. The van der Waals surface area contributed by atoms with Gasteiger partial charge in [-0.25, -0.2) is 9.97 Å². The van der Waals surface area contributed by atoms with Crippen LogP contribution in [-0.2, 0) is 9.59 Å². The summed E-state index contributed by atoms with van der Waals surface area (Å²) in [7, 11) is 0. The summed E-state index contributed by atoms with van der Waals surface area (Å²) in [4.78, 5) is 30.5. The van der Waals surface area contributed by atoms with Crippen LogP contribution in [-0.4, -0.2) is 22.2 Å². The van der Waals surface area contributed by atoms with Crippen LogP contribution in [0.4, 0.5) is 17.3 Å². The van der Waals surface area contributed by atoms with Crippen LogP contribution in [0.1, 0.15) is 36.8 Å². The summed E-state index contributed by atoms with van der Waals surface area (Å²) < 4.78 is 0. The number of benzene rings is 1. The molecule has 0 radical (unpaired) electrons. The molecule has 0 aliphatic heterocycles. The van der Waals surface area contributed by atoms with Crippen molar-refractivity contribution < 1.29 is 9.59 Å². The largest absolute Gasteiger partial charge is 0.324 e. The Bertz CT molecular complexity index is 678. The summed E-state index contributed by atoms with van der Waals surface area (Å²) in [5, 5.41) is 5.95. The number of rotatable bonds is 8. The van der Waals surface area contributed by atoms with E-state index in [0.717, 1.165) is 29.5 Å². The van der Waals surface area contributed by atoms with Crippen molar-refractivity contribution in [1.29, 1.82) is 0 Å². The zero-order valence-corrected chi connectivity index (χ0v) is 14.0. The number of nitrogens with zero attached hydrogens (tertiary/aromatic N) is 2. The van der Waals surface area contributed by atoms with Crippen molar-refractivity contribution in [2.24, 2.45) is 0 Å². The van der Waals surface area contributed by atoms with Crippen molar-refractivity contribution in [3.8, 4) is 0 Å². The number of hydrogen-bond acceptors (Lipinski definition) is 5. The van der Waals surface area contributed by atoms with Crippen molar-refractivity contribution in [1.82, 2.24) is 9.97 Å². The van der Waals surface area contributed by atoms with Gasteiger partial charge in [0.05, 0.1) is 18.1 Å². The number of anilines is 3. The third-order valence-corrected chi connectivity index (χ3v) is 3.63. The van der Waals surface area contributed by atoms with Gasteiger partial charge in [0, 0.05) is 18.5 Å². The minimum atomic E-state index is -0.0973. The summed E-state index contributed by atoms with van der Waals surface area (Å²) in [6.45, 7) is 4.04. The summed E-state index contributed by atoms with van der Waals surface area (Å²) in [6, 6.07) is 6.05. The van der Waals surface area contributed by atoms with Gasteiger partial charge >= 0.3 is 0 Å². The number of aldehydes is 1. The van der Waals surface area contributed by atoms with Gasteiger partial charge in [0.15, 0.2) is 0 Å². The maximum atomic E-state index is 11.8. The average Bonchev–Trinajstić information content (AvgIpc) is 2.57. The Kier molecular flexibility index (Phi) is 6.42. The van der Waals surface area contributed by atoms with Gasteiger partial charge in [-0.15, -0.1) is 0 Å². The zero-order chi connectivity index (χ0) is 17.4. The van der Waals surface area contributed by atoms with Gasteiger partial charge in [-0.3, -0.25) is 4.79 Å². The highest BCUT2D eigenvalue weighted by atomic mass is 16.1. The molecule has 1 amide bonds. The Morgan fingerprint density at radius 2 is 1.79 bits per heavy atom. The molecule has 0 unspecified atom stereocenters. The maximum absolute atomic E-state index is 11.8. The molecule has 1 aromatic carbocycles. The molecule has 1 heterocycles. The van der Waals surface area contributed by atoms with Crippen molar-refractivity contribution in [3.05, 3.63) is 41.7 Å². The summed E-state index contributed by atoms with van der Waals surface area (Å²) in [5.74, 6) is 0.385. The third-order valence-electron chi connectivity index (χ3n) is 3.63. The first kappa shape index (κ1) is 17.6. The molecule has 2 N–H and O–H groups in total. The highest BCUT2D eigenvalue weighted by Crippen LogP contribution is 2.22. The minimum Gasteiger partial charge on any atom is -0.324 e. The lowest BCUT2D eigenvalue weighted by molar-refractivity contribution is -0.116. The molecule has 2 rings (SSSR count). The van der Waals surface area contributed by atoms with Crippen LogP contribution in [0.3, 0.4) is 0 Å². The fourth-order valence-electron chi connectivity index (χ4n) is 2.32. The number of carbonyl (C=O) groups is 2. The van der Waals surface area contributed by atoms with E-state index in [1.807, 2.05) is 32.0 Å². The number of aryl methyl sites for hydroxylation is 2. The average molecular weight is 326 g/mol. The van der Waals surface area contributed by atoms with E-state index in [-0.39, 0.29) is 5.91 Å². The van der Waals surface area contributed by atoms with Gasteiger partial charge in [0.2, 0.25) is 11.9 Å². The third kappa shape index (κ3) is 5.15. The highest BCUT2D eigenvalue weighted by Gasteiger charge is 2.06. The molecule has 126 valence electrons. The smallest absolute Gasteiger partial charge is 0.227 e. The molecule has 0 aliphatic rings. The van der Waals surface area contributed by atoms with Gasteiger partial charge in [-0.2, -0.15) is 0 Å². The summed E-state index contributed by atoms with van der Waals surface area (Å²) in [5.41, 5.74) is 3.78. The first-order valence-corrected chi connectivity index (χ1v) is 7.99. The van der Waals surface area contributed by atoms with Crippen LogP contribution in [0.25, 0.3) is 0 Å². The molecular weight excluding hydrogens is 304 g/mol. The second-order valence-electron chi connectivity index (χ2n) is 5.65. The van der Waals surface area contributed by atoms with Gasteiger partial charge in [0.1, 0.15) is 6.29 Å². The van der Waals surface area contributed by atoms with E-state index >= 15 is 0 Å². The Hall–Kier alpha value is -2.76. The number of para-hydroxylation sites is 1. The van der Waals surface area contributed by atoms with E-state index in [4.69, 9.17) is 0 Å². The molecule has 0 atom stereocenters. The minimum absolute atomic E-state index is 0.0973. The van der Waals surface area contributed by atoms with Gasteiger partial charge in [-0.1, -0.05) is 18.2 Å².